The van der Waals surface area contributed by atoms with E-state index in [0.717, 1.165) is 0 Å². The fraction of sp³-hybridized carbons (Fsp3) is 0.909. The summed E-state index contributed by atoms with van der Waals surface area (Å²) in [4.78, 5) is 12.9. The number of carbonyl (C=O) groups excluding carboxylic acids is 1. The van der Waals surface area contributed by atoms with Gasteiger partial charge in [0.15, 0.2) is 0 Å². The third-order valence-electron chi connectivity index (χ3n) is 3.83. The lowest BCUT2D eigenvalue weighted by atomic mass is 9.89. The van der Waals surface area contributed by atoms with Crippen LogP contribution in [0.5, 0.6) is 0 Å². The van der Waals surface area contributed by atoms with Crippen molar-refractivity contribution in [3.63, 3.8) is 0 Å². The van der Waals surface area contributed by atoms with Gasteiger partial charge in [-0.3, -0.25) is 9.69 Å². The highest BCUT2D eigenvalue weighted by Gasteiger charge is 2.52. The smallest absolute Gasteiger partial charge is 0.354 e. The van der Waals surface area contributed by atoms with Gasteiger partial charge in [0, 0.05) is 18.6 Å². The van der Waals surface area contributed by atoms with Crippen molar-refractivity contribution in [3.05, 3.63) is 0 Å². The number of alkyl halides is 3. The number of nitrogens with two attached hydrogens (primary N) is 1. The fourth-order valence-electron chi connectivity index (χ4n) is 3.12. The molecule has 0 aromatic heterocycles. The molecule has 0 aliphatic carbocycles. The van der Waals surface area contributed by atoms with Crippen LogP contribution in [-0.2, 0) is 4.79 Å². The molecule has 0 aromatic rings. The molecule has 1 amide bonds. The van der Waals surface area contributed by atoms with Crippen molar-refractivity contribution < 1.29 is 18.0 Å². The van der Waals surface area contributed by atoms with Gasteiger partial charge in [-0.1, -0.05) is 0 Å². The Morgan fingerprint density at radius 3 is 2.72 bits per heavy atom. The third-order valence-corrected chi connectivity index (χ3v) is 3.83. The van der Waals surface area contributed by atoms with Crippen molar-refractivity contribution >= 4 is 5.91 Å². The number of fused-ring (bicyclic) bond motifs is 1. The van der Waals surface area contributed by atoms with Gasteiger partial charge in [-0.25, -0.2) is 0 Å². The Bertz CT molecular complexity index is 332. The van der Waals surface area contributed by atoms with Gasteiger partial charge < -0.3 is 11.1 Å². The van der Waals surface area contributed by atoms with E-state index in [1.807, 2.05) is 0 Å². The maximum Gasteiger partial charge on any atom is 0.405 e. The topological polar surface area (TPSA) is 58.4 Å². The predicted octanol–water partition coefficient (Wildman–Crippen LogP) is 0.475. The highest BCUT2D eigenvalue weighted by atomic mass is 19.4. The first-order valence-corrected chi connectivity index (χ1v) is 6.18. The molecular formula is C11H18F3N3O. The van der Waals surface area contributed by atoms with Crippen molar-refractivity contribution in [2.24, 2.45) is 11.7 Å². The molecule has 4 nitrogen and oxygen atoms in total. The molecule has 104 valence electrons. The number of hydrogen-bond donors (Lipinski definition) is 2. The van der Waals surface area contributed by atoms with Crippen LogP contribution in [0.2, 0.25) is 0 Å². The van der Waals surface area contributed by atoms with Crippen molar-refractivity contribution in [2.75, 3.05) is 13.1 Å². The molecule has 7 heteroatoms. The molecular weight excluding hydrogens is 247 g/mol. The maximum absolute atomic E-state index is 13.1. The molecule has 4 unspecified atom stereocenters. The largest absolute Gasteiger partial charge is 0.405 e. The number of halogens is 3. The summed E-state index contributed by atoms with van der Waals surface area (Å²) in [7, 11) is 0. The van der Waals surface area contributed by atoms with E-state index in [0.29, 0.717) is 25.9 Å². The molecule has 0 saturated carbocycles. The standard InChI is InChI=1S/C11H18F3N3O/c1-6(15)9(11(12,13)14)17-4-2-3-7-8(17)5-16-10(7)18/h6-9H,2-5,15H2,1H3,(H,16,18). The van der Waals surface area contributed by atoms with Gasteiger partial charge in [0.05, 0.1) is 5.92 Å². The van der Waals surface area contributed by atoms with Gasteiger partial charge in [0.25, 0.3) is 0 Å². The molecule has 0 bridgehead atoms. The average molecular weight is 265 g/mol. The lowest BCUT2D eigenvalue weighted by Gasteiger charge is -2.43. The Balaban J connectivity index is 2.22. The molecule has 2 heterocycles. The number of carbonyl (C=O) groups is 1. The van der Waals surface area contributed by atoms with Crippen molar-refractivity contribution in [1.29, 1.82) is 0 Å². The zero-order valence-corrected chi connectivity index (χ0v) is 10.2. The summed E-state index contributed by atoms with van der Waals surface area (Å²) in [6, 6.07) is -3.04. The third kappa shape index (κ3) is 2.33. The quantitative estimate of drug-likeness (QED) is 0.763. The van der Waals surface area contributed by atoms with Gasteiger partial charge in [-0.15, -0.1) is 0 Å². The maximum atomic E-state index is 13.1. The van der Waals surface area contributed by atoms with E-state index >= 15 is 0 Å². The Morgan fingerprint density at radius 2 is 2.17 bits per heavy atom. The van der Waals surface area contributed by atoms with Crippen LogP contribution >= 0.6 is 0 Å². The van der Waals surface area contributed by atoms with Crippen LogP contribution in [0.4, 0.5) is 13.2 Å². The molecule has 3 N–H and O–H groups in total. The lowest BCUT2D eigenvalue weighted by molar-refractivity contribution is -0.198. The van der Waals surface area contributed by atoms with Crippen LogP contribution in [0.1, 0.15) is 19.8 Å². The minimum Gasteiger partial charge on any atom is -0.354 e. The number of hydrogen-bond acceptors (Lipinski definition) is 3. The second-order valence-corrected chi connectivity index (χ2v) is 5.14. The van der Waals surface area contributed by atoms with E-state index in [2.05, 4.69) is 5.32 Å². The predicted molar refractivity (Wildman–Crippen MR) is 59.7 cm³/mol. The number of likely N-dealkylation sites (tertiary alicyclic amines) is 1. The van der Waals surface area contributed by atoms with Crippen molar-refractivity contribution in [1.82, 2.24) is 10.2 Å². The zero-order chi connectivity index (χ0) is 13.5. The van der Waals surface area contributed by atoms with Gasteiger partial charge in [-0.05, 0) is 26.3 Å². The second kappa shape index (κ2) is 4.70. The first-order valence-electron chi connectivity index (χ1n) is 6.18. The molecule has 2 saturated heterocycles. The van der Waals surface area contributed by atoms with Crippen molar-refractivity contribution in [3.8, 4) is 0 Å². The number of nitrogens with one attached hydrogen (secondary N) is 1. The zero-order valence-electron chi connectivity index (χ0n) is 10.2. The number of rotatable bonds is 2. The molecule has 2 rings (SSSR count). The highest BCUT2D eigenvalue weighted by Crippen LogP contribution is 2.35. The van der Waals surface area contributed by atoms with Gasteiger partial charge in [0.1, 0.15) is 6.04 Å². The molecule has 4 atom stereocenters. The Hall–Kier alpha value is -0.820. The number of piperidine rings is 1. The molecule has 0 aromatic carbocycles. The van der Waals surface area contributed by atoms with E-state index in [4.69, 9.17) is 5.73 Å². The summed E-state index contributed by atoms with van der Waals surface area (Å²) < 4.78 is 39.2. The van der Waals surface area contributed by atoms with E-state index in [-0.39, 0.29) is 17.9 Å². The van der Waals surface area contributed by atoms with E-state index in [9.17, 15) is 18.0 Å². The summed E-state index contributed by atoms with van der Waals surface area (Å²) in [5.41, 5.74) is 5.50. The minimum atomic E-state index is -4.36. The normalized spacial score (nSPS) is 32.8. The van der Waals surface area contributed by atoms with Crippen LogP contribution in [0.3, 0.4) is 0 Å². The first kappa shape index (κ1) is 13.6. The average Bonchev–Trinajstić information content (AvgIpc) is 2.59. The Morgan fingerprint density at radius 1 is 1.50 bits per heavy atom. The van der Waals surface area contributed by atoms with E-state index < -0.39 is 18.3 Å². The van der Waals surface area contributed by atoms with Gasteiger partial charge in [-0.2, -0.15) is 13.2 Å². The second-order valence-electron chi connectivity index (χ2n) is 5.14. The number of nitrogens with zero attached hydrogens (tertiary/aromatic N) is 1. The summed E-state index contributed by atoms with van der Waals surface area (Å²) in [5.74, 6) is -0.447. The van der Waals surface area contributed by atoms with Crippen LogP contribution < -0.4 is 11.1 Å². The van der Waals surface area contributed by atoms with Gasteiger partial charge >= 0.3 is 6.18 Å². The van der Waals surface area contributed by atoms with Crippen LogP contribution in [0.25, 0.3) is 0 Å². The minimum absolute atomic E-state index is 0.129. The lowest BCUT2D eigenvalue weighted by Crippen LogP contribution is -2.61. The molecule has 2 aliphatic heterocycles. The molecule has 0 spiro atoms. The highest BCUT2D eigenvalue weighted by molar-refractivity contribution is 5.82. The van der Waals surface area contributed by atoms with Crippen LogP contribution in [0, 0.1) is 5.92 Å². The summed E-state index contributed by atoms with van der Waals surface area (Å²) in [5, 5.41) is 2.65. The van der Waals surface area contributed by atoms with E-state index in [1.54, 1.807) is 0 Å². The Kier molecular flexibility index (Phi) is 3.55. The van der Waals surface area contributed by atoms with Crippen molar-refractivity contribution in [2.45, 2.75) is 44.1 Å². The van der Waals surface area contributed by atoms with Crippen LogP contribution in [-0.4, -0.2) is 48.2 Å². The van der Waals surface area contributed by atoms with E-state index in [1.165, 1.54) is 11.8 Å². The monoisotopic (exact) mass is 265 g/mol. The molecule has 2 fully saturated rings. The summed E-state index contributed by atoms with van der Waals surface area (Å²) in [6.45, 7) is 2.01. The number of amides is 1. The fourth-order valence-corrected chi connectivity index (χ4v) is 3.12. The molecule has 18 heavy (non-hydrogen) atoms. The van der Waals surface area contributed by atoms with Crippen LogP contribution in [0.15, 0.2) is 0 Å². The molecule has 2 aliphatic rings. The Labute approximate surface area is 104 Å². The summed E-state index contributed by atoms with van der Waals surface area (Å²) >= 11 is 0. The van der Waals surface area contributed by atoms with Gasteiger partial charge in [0.2, 0.25) is 5.91 Å². The molecule has 0 radical (unpaired) electrons. The SMILES string of the molecule is CC(N)C(N1CCCC2C(=O)NCC21)C(F)(F)F. The first-order chi connectivity index (χ1) is 8.32. The summed E-state index contributed by atoms with van der Waals surface area (Å²) in [6.07, 6.45) is -3.09.